The van der Waals surface area contributed by atoms with Crippen molar-refractivity contribution in [1.29, 1.82) is 0 Å². The fourth-order valence-corrected chi connectivity index (χ4v) is 3.64. The molecule has 0 radical (unpaired) electrons. The number of hydrogen-bond acceptors (Lipinski definition) is 6. The van der Waals surface area contributed by atoms with Crippen molar-refractivity contribution >= 4 is 29.1 Å². The number of nitrogens with one attached hydrogen (secondary N) is 3. The fraction of sp³-hybridized carbons (Fsp3) is 0.107. The number of amides is 2. The highest BCUT2D eigenvalue weighted by Crippen LogP contribution is 2.34. The lowest BCUT2D eigenvalue weighted by molar-refractivity contribution is -0.138. The molecule has 0 unspecified atom stereocenters. The predicted octanol–water partition coefficient (Wildman–Crippen LogP) is 5.66. The first kappa shape index (κ1) is 27.0. The SMILES string of the molecule is C=CC(=O)NCc1ccc(NC(=O)c2ccc(C)c(Nc3nccc(-c4cccnc4)n3)c2)cc1C(F)(F)F. The van der Waals surface area contributed by atoms with E-state index in [1.165, 1.54) is 12.1 Å². The third-order valence-corrected chi connectivity index (χ3v) is 5.67. The standard InChI is InChI=1S/C28H23F3N6O2/c1-3-25(38)34-16-19-8-9-21(14-22(19)28(29,30)31)35-26(39)18-7-6-17(2)24(13-18)37-27-33-12-10-23(36-27)20-5-4-11-32-15-20/h3-15H,1,16H2,2H3,(H,34,38)(H,35,39)(H,33,36,37). The van der Waals surface area contributed by atoms with E-state index >= 15 is 0 Å². The maximum atomic E-state index is 13.7. The number of hydrogen-bond donors (Lipinski definition) is 3. The van der Waals surface area contributed by atoms with Gasteiger partial charge >= 0.3 is 6.18 Å². The highest BCUT2D eigenvalue weighted by Gasteiger charge is 2.33. The van der Waals surface area contributed by atoms with Crippen molar-refractivity contribution in [3.63, 3.8) is 0 Å². The molecule has 4 rings (SSSR count). The molecule has 0 atom stereocenters. The molecular formula is C28H23F3N6O2. The van der Waals surface area contributed by atoms with Crippen LogP contribution in [-0.2, 0) is 17.5 Å². The second-order valence-corrected chi connectivity index (χ2v) is 8.41. The van der Waals surface area contributed by atoms with Crippen molar-refractivity contribution in [2.45, 2.75) is 19.6 Å². The lowest BCUT2D eigenvalue weighted by atomic mass is 10.1. The van der Waals surface area contributed by atoms with E-state index in [9.17, 15) is 22.8 Å². The molecule has 0 aliphatic rings. The minimum Gasteiger partial charge on any atom is -0.348 e. The summed E-state index contributed by atoms with van der Waals surface area (Å²) in [5, 5.41) is 7.93. The Balaban J connectivity index is 1.53. The number of aromatic nitrogens is 3. The number of aryl methyl sites for hydroxylation is 1. The van der Waals surface area contributed by atoms with Crippen molar-refractivity contribution in [3.8, 4) is 11.3 Å². The Bertz CT molecular complexity index is 1520. The molecular weight excluding hydrogens is 509 g/mol. The molecule has 4 aromatic rings. The molecule has 0 spiro atoms. The number of halogens is 3. The van der Waals surface area contributed by atoms with Gasteiger partial charge < -0.3 is 16.0 Å². The molecule has 0 aliphatic carbocycles. The molecule has 0 aliphatic heterocycles. The van der Waals surface area contributed by atoms with Crippen LogP contribution >= 0.6 is 0 Å². The van der Waals surface area contributed by atoms with Gasteiger partial charge in [0.2, 0.25) is 11.9 Å². The first-order valence-electron chi connectivity index (χ1n) is 11.7. The quantitative estimate of drug-likeness (QED) is 0.253. The Morgan fingerprint density at radius 2 is 1.87 bits per heavy atom. The van der Waals surface area contributed by atoms with Gasteiger partial charge in [0.25, 0.3) is 5.91 Å². The Morgan fingerprint density at radius 3 is 2.59 bits per heavy atom. The summed E-state index contributed by atoms with van der Waals surface area (Å²) in [7, 11) is 0. The highest BCUT2D eigenvalue weighted by atomic mass is 19.4. The van der Waals surface area contributed by atoms with E-state index in [-0.39, 0.29) is 23.4 Å². The van der Waals surface area contributed by atoms with Crippen LogP contribution in [0.3, 0.4) is 0 Å². The van der Waals surface area contributed by atoms with Crippen LogP contribution in [0.5, 0.6) is 0 Å². The van der Waals surface area contributed by atoms with Crippen LogP contribution < -0.4 is 16.0 Å². The third-order valence-electron chi connectivity index (χ3n) is 5.67. The molecule has 0 fully saturated rings. The van der Waals surface area contributed by atoms with Crippen LogP contribution in [0.15, 0.2) is 85.8 Å². The van der Waals surface area contributed by atoms with Gasteiger partial charge in [-0.1, -0.05) is 18.7 Å². The average Bonchev–Trinajstić information content (AvgIpc) is 2.93. The molecule has 198 valence electrons. The molecule has 2 aromatic carbocycles. The van der Waals surface area contributed by atoms with E-state index < -0.39 is 23.6 Å². The molecule has 11 heteroatoms. The van der Waals surface area contributed by atoms with Crippen LogP contribution in [0.25, 0.3) is 11.3 Å². The minimum absolute atomic E-state index is 0.0475. The number of anilines is 3. The lowest BCUT2D eigenvalue weighted by Crippen LogP contribution is -2.22. The molecule has 0 saturated heterocycles. The van der Waals surface area contributed by atoms with Crippen LogP contribution in [0, 0.1) is 6.92 Å². The zero-order chi connectivity index (χ0) is 28.0. The minimum atomic E-state index is -4.69. The van der Waals surface area contributed by atoms with Gasteiger partial charge in [-0.15, -0.1) is 0 Å². The Morgan fingerprint density at radius 1 is 1.05 bits per heavy atom. The molecule has 39 heavy (non-hydrogen) atoms. The van der Waals surface area contributed by atoms with E-state index in [1.54, 1.807) is 48.9 Å². The van der Waals surface area contributed by atoms with Crippen molar-refractivity contribution in [3.05, 3.63) is 108 Å². The fourth-order valence-electron chi connectivity index (χ4n) is 3.64. The first-order chi connectivity index (χ1) is 18.6. The van der Waals surface area contributed by atoms with Gasteiger partial charge in [-0.3, -0.25) is 14.6 Å². The molecule has 2 amide bonds. The van der Waals surface area contributed by atoms with Gasteiger partial charge in [0.05, 0.1) is 11.3 Å². The topological polar surface area (TPSA) is 109 Å². The van der Waals surface area contributed by atoms with Gasteiger partial charge in [0.15, 0.2) is 0 Å². The Kier molecular flexibility index (Phi) is 7.99. The van der Waals surface area contributed by atoms with E-state index in [2.05, 4.69) is 37.5 Å². The largest absolute Gasteiger partial charge is 0.416 e. The van der Waals surface area contributed by atoms with E-state index in [0.717, 1.165) is 23.3 Å². The summed E-state index contributed by atoms with van der Waals surface area (Å²) < 4.78 is 41.0. The molecule has 0 bridgehead atoms. The first-order valence-corrected chi connectivity index (χ1v) is 11.7. The number of alkyl halides is 3. The zero-order valence-corrected chi connectivity index (χ0v) is 20.7. The maximum Gasteiger partial charge on any atom is 0.416 e. The highest BCUT2D eigenvalue weighted by molar-refractivity contribution is 6.05. The summed E-state index contributed by atoms with van der Waals surface area (Å²) in [6.07, 6.45) is 1.20. The summed E-state index contributed by atoms with van der Waals surface area (Å²) in [6.45, 7) is 4.76. The molecule has 2 heterocycles. The van der Waals surface area contributed by atoms with E-state index in [4.69, 9.17) is 0 Å². The summed E-state index contributed by atoms with van der Waals surface area (Å²) in [4.78, 5) is 37.1. The smallest absolute Gasteiger partial charge is 0.348 e. The van der Waals surface area contributed by atoms with Gasteiger partial charge in [0, 0.05) is 47.6 Å². The third kappa shape index (κ3) is 6.83. The second kappa shape index (κ2) is 11.5. The van der Waals surface area contributed by atoms with Gasteiger partial charge in [0.1, 0.15) is 0 Å². The Labute approximate surface area is 222 Å². The number of carbonyl (C=O) groups excluding carboxylic acids is 2. The van der Waals surface area contributed by atoms with Gasteiger partial charge in [-0.05, 0) is 66.6 Å². The van der Waals surface area contributed by atoms with Crippen LogP contribution in [0.1, 0.15) is 27.0 Å². The van der Waals surface area contributed by atoms with Gasteiger partial charge in [-0.25, -0.2) is 9.97 Å². The van der Waals surface area contributed by atoms with Crippen LogP contribution in [0.2, 0.25) is 0 Å². The molecule has 0 saturated carbocycles. The normalized spacial score (nSPS) is 11.0. The number of carbonyl (C=O) groups is 2. The number of benzene rings is 2. The van der Waals surface area contributed by atoms with E-state index in [1.807, 2.05) is 13.0 Å². The number of nitrogens with zero attached hydrogens (tertiary/aromatic N) is 3. The monoisotopic (exact) mass is 532 g/mol. The second-order valence-electron chi connectivity index (χ2n) is 8.41. The van der Waals surface area contributed by atoms with E-state index in [0.29, 0.717) is 17.3 Å². The van der Waals surface area contributed by atoms with Gasteiger partial charge in [-0.2, -0.15) is 13.2 Å². The maximum absolute atomic E-state index is 13.7. The Hall–Kier alpha value is -5.06. The van der Waals surface area contributed by atoms with Crippen molar-refractivity contribution in [2.24, 2.45) is 0 Å². The molecule has 2 aromatic heterocycles. The summed E-state index contributed by atoms with van der Waals surface area (Å²) >= 11 is 0. The van der Waals surface area contributed by atoms with Crippen LogP contribution in [-0.4, -0.2) is 26.8 Å². The van der Waals surface area contributed by atoms with Crippen molar-refractivity contribution < 1.29 is 22.8 Å². The number of rotatable bonds is 8. The zero-order valence-electron chi connectivity index (χ0n) is 20.7. The lowest BCUT2D eigenvalue weighted by Gasteiger charge is -2.16. The van der Waals surface area contributed by atoms with Crippen molar-refractivity contribution in [1.82, 2.24) is 20.3 Å². The summed E-state index contributed by atoms with van der Waals surface area (Å²) in [5.41, 5.74) is 1.85. The average molecular weight is 533 g/mol. The molecule has 8 nitrogen and oxygen atoms in total. The molecule has 3 N–H and O–H groups in total. The predicted molar refractivity (Wildman–Crippen MR) is 141 cm³/mol. The summed E-state index contributed by atoms with van der Waals surface area (Å²) in [5.74, 6) is -0.909. The van der Waals surface area contributed by atoms with Crippen molar-refractivity contribution in [2.75, 3.05) is 10.6 Å². The summed E-state index contributed by atoms with van der Waals surface area (Å²) in [6, 6.07) is 13.6. The number of pyridine rings is 1. The van der Waals surface area contributed by atoms with Crippen LogP contribution in [0.4, 0.5) is 30.5 Å².